The Morgan fingerprint density at radius 1 is 1.24 bits per heavy atom. The Morgan fingerprint density at radius 2 is 1.96 bits per heavy atom. The molecule has 1 aromatic carbocycles. The Balaban J connectivity index is 1.72. The Labute approximate surface area is 149 Å². The molecule has 1 saturated carbocycles. The van der Waals surface area contributed by atoms with Crippen LogP contribution in [-0.2, 0) is 9.53 Å². The molecule has 1 amide bonds. The molecule has 0 spiro atoms. The minimum Gasteiger partial charge on any atom is -0.488 e. The molecule has 0 radical (unpaired) electrons. The normalized spacial score (nSPS) is 30.2. The Morgan fingerprint density at radius 3 is 2.64 bits per heavy atom. The number of carbonyl (C=O) groups is 1. The van der Waals surface area contributed by atoms with Crippen LogP contribution in [0.2, 0.25) is 0 Å². The molecule has 6 heteroatoms. The van der Waals surface area contributed by atoms with E-state index in [1.807, 2.05) is 30.3 Å². The van der Waals surface area contributed by atoms with Crippen LogP contribution in [0, 0.1) is 0 Å². The molecule has 2 fully saturated rings. The zero-order valence-corrected chi connectivity index (χ0v) is 14.8. The molecule has 0 bridgehead atoms. The number of nitrogens with zero attached hydrogens (tertiary/aromatic N) is 1. The third kappa shape index (κ3) is 4.51. The molecule has 1 aliphatic heterocycles. The summed E-state index contributed by atoms with van der Waals surface area (Å²) in [7, 11) is 1.51. The highest BCUT2D eigenvalue weighted by Crippen LogP contribution is 2.31. The number of likely N-dealkylation sites (tertiary alicyclic amines) is 1. The molecule has 1 heterocycles. The Kier molecular flexibility index (Phi) is 6.29. The number of para-hydroxylation sites is 1. The van der Waals surface area contributed by atoms with E-state index < -0.39 is 6.10 Å². The molecule has 0 unspecified atom stereocenters. The van der Waals surface area contributed by atoms with Crippen LogP contribution in [0.4, 0.5) is 0 Å². The number of hydrogen-bond acceptors (Lipinski definition) is 5. The predicted octanol–water partition coefficient (Wildman–Crippen LogP) is 1.18. The van der Waals surface area contributed by atoms with E-state index in [0.717, 1.165) is 31.7 Å². The van der Waals surface area contributed by atoms with Crippen LogP contribution in [0.1, 0.15) is 25.7 Å². The largest absolute Gasteiger partial charge is 0.488 e. The lowest BCUT2D eigenvalue weighted by Gasteiger charge is -2.37. The van der Waals surface area contributed by atoms with Gasteiger partial charge >= 0.3 is 0 Å². The van der Waals surface area contributed by atoms with Gasteiger partial charge in [0.15, 0.2) is 0 Å². The predicted molar refractivity (Wildman–Crippen MR) is 94.5 cm³/mol. The van der Waals surface area contributed by atoms with Gasteiger partial charge in [-0.25, -0.2) is 0 Å². The Bertz CT molecular complexity index is 548. The number of benzene rings is 1. The van der Waals surface area contributed by atoms with Gasteiger partial charge in [-0.05, 0) is 38.1 Å². The van der Waals surface area contributed by atoms with Crippen LogP contribution in [-0.4, -0.2) is 67.0 Å². The first-order valence-electron chi connectivity index (χ1n) is 9.11. The maximum Gasteiger partial charge on any atom is 0.246 e. The fraction of sp³-hybridized carbons (Fsp3) is 0.632. The number of methoxy groups -OCH3 is 1. The van der Waals surface area contributed by atoms with Crippen LogP contribution < -0.4 is 10.1 Å². The van der Waals surface area contributed by atoms with Gasteiger partial charge in [-0.1, -0.05) is 24.6 Å². The molecule has 6 nitrogen and oxygen atoms in total. The lowest BCUT2D eigenvalue weighted by Crippen LogP contribution is -2.55. The molecule has 4 atom stereocenters. The molecule has 1 aliphatic carbocycles. The summed E-state index contributed by atoms with van der Waals surface area (Å²) in [5.74, 6) is 0.592. The summed E-state index contributed by atoms with van der Waals surface area (Å²) in [6, 6.07) is 9.29. The summed E-state index contributed by atoms with van der Waals surface area (Å²) in [6.07, 6.45) is 3.11. The van der Waals surface area contributed by atoms with E-state index in [0.29, 0.717) is 6.42 Å². The second kappa shape index (κ2) is 8.65. The van der Waals surface area contributed by atoms with Crippen molar-refractivity contribution in [1.82, 2.24) is 10.2 Å². The van der Waals surface area contributed by atoms with Crippen LogP contribution in [0.15, 0.2) is 30.3 Å². The number of amides is 1. The van der Waals surface area contributed by atoms with Gasteiger partial charge in [0.2, 0.25) is 5.91 Å². The molecule has 1 saturated heterocycles. The second-order valence-electron chi connectivity index (χ2n) is 6.89. The number of nitrogens with one attached hydrogen (secondary N) is 1. The molecule has 2 N–H and O–H groups in total. The number of hydrogen-bond donors (Lipinski definition) is 2. The number of ether oxygens (including phenoxy) is 2. The number of carbonyl (C=O) groups excluding carboxylic acids is 1. The first kappa shape index (κ1) is 18.2. The highest BCUT2D eigenvalue weighted by atomic mass is 16.5. The van der Waals surface area contributed by atoms with Gasteiger partial charge in [-0.2, -0.15) is 0 Å². The average Bonchev–Trinajstić information content (AvgIpc) is 2.92. The summed E-state index contributed by atoms with van der Waals surface area (Å²) in [6.45, 7) is 1.94. The van der Waals surface area contributed by atoms with Crippen molar-refractivity contribution >= 4 is 5.91 Å². The summed E-state index contributed by atoms with van der Waals surface area (Å²) in [4.78, 5) is 14.3. The lowest BCUT2D eigenvalue weighted by molar-refractivity contribution is -0.126. The first-order valence-corrected chi connectivity index (χ1v) is 9.11. The standard InChI is InChI=1S/C19H28N2O4/c1-24-13-17(22)20-15-12-16(25-14-8-4-2-5-9-14)19(23)18(15)21-10-6-3-7-11-21/h2,4-5,8-9,15-16,18-19,23H,3,6-7,10-13H2,1H3,(H,20,22)/t15-,16-,18+,19+/m1/s1. The molecular formula is C19H28N2O4. The number of piperidine rings is 1. The van der Waals surface area contributed by atoms with E-state index in [2.05, 4.69) is 10.2 Å². The number of rotatable bonds is 6. The molecule has 25 heavy (non-hydrogen) atoms. The van der Waals surface area contributed by atoms with E-state index in [9.17, 15) is 9.90 Å². The average molecular weight is 348 g/mol. The molecule has 1 aromatic rings. The fourth-order valence-electron chi connectivity index (χ4n) is 3.99. The highest BCUT2D eigenvalue weighted by Gasteiger charge is 2.47. The third-order valence-corrected chi connectivity index (χ3v) is 5.09. The van der Waals surface area contributed by atoms with Crippen LogP contribution in [0.3, 0.4) is 0 Å². The maximum atomic E-state index is 12.0. The minimum absolute atomic E-state index is 0.0313. The lowest BCUT2D eigenvalue weighted by atomic mass is 10.0. The minimum atomic E-state index is -0.633. The van der Waals surface area contributed by atoms with E-state index in [-0.39, 0.29) is 30.7 Å². The summed E-state index contributed by atoms with van der Waals surface area (Å²) >= 11 is 0. The molecule has 0 aromatic heterocycles. The topological polar surface area (TPSA) is 71.0 Å². The van der Waals surface area contributed by atoms with E-state index >= 15 is 0 Å². The number of aliphatic hydroxyl groups is 1. The van der Waals surface area contributed by atoms with Gasteiger partial charge in [-0.3, -0.25) is 9.69 Å². The van der Waals surface area contributed by atoms with E-state index in [1.54, 1.807) is 0 Å². The van der Waals surface area contributed by atoms with Crippen molar-refractivity contribution in [2.24, 2.45) is 0 Å². The van der Waals surface area contributed by atoms with E-state index in [1.165, 1.54) is 13.5 Å². The highest BCUT2D eigenvalue weighted by molar-refractivity contribution is 5.77. The van der Waals surface area contributed by atoms with E-state index in [4.69, 9.17) is 9.47 Å². The first-order chi connectivity index (χ1) is 12.2. The van der Waals surface area contributed by atoms with Crippen molar-refractivity contribution in [2.45, 2.75) is 50.0 Å². The zero-order valence-electron chi connectivity index (χ0n) is 14.8. The maximum absolute atomic E-state index is 12.0. The molecule has 138 valence electrons. The summed E-state index contributed by atoms with van der Waals surface area (Å²) < 4.78 is 10.9. The Hall–Kier alpha value is -1.63. The van der Waals surface area contributed by atoms with Crippen LogP contribution in [0.5, 0.6) is 5.75 Å². The zero-order chi connectivity index (χ0) is 17.6. The van der Waals surface area contributed by atoms with Crippen molar-refractivity contribution in [2.75, 3.05) is 26.8 Å². The van der Waals surface area contributed by atoms with Gasteiger partial charge in [0.1, 0.15) is 24.6 Å². The van der Waals surface area contributed by atoms with Gasteiger partial charge in [0.25, 0.3) is 0 Å². The van der Waals surface area contributed by atoms with Gasteiger partial charge in [-0.15, -0.1) is 0 Å². The van der Waals surface area contributed by atoms with Crippen molar-refractivity contribution in [3.63, 3.8) is 0 Å². The molecule has 3 rings (SSSR count). The molecular weight excluding hydrogens is 320 g/mol. The second-order valence-corrected chi connectivity index (χ2v) is 6.89. The van der Waals surface area contributed by atoms with Crippen LogP contribution >= 0.6 is 0 Å². The van der Waals surface area contributed by atoms with Crippen molar-refractivity contribution in [3.05, 3.63) is 30.3 Å². The van der Waals surface area contributed by atoms with Crippen LogP contribution in [0.25, 0.3) is 0 Å². The van der Waals surface area contributed by atoms with Gasteiger partial charge < -0.3 is 19.9 Å². The fourth-order valence-corrected chi connectivity index (χ4v) is 3.99. The van der Waals surface area contributed by atoms with Crippen molar-refractivity contribution in [1.29, 1.82) is 0 Å². The SMILES string of the molecule is COCC(=O)N[C@@H]1C[C@@H](Oc2ccccc2)[C@H](O)[C@H]1N1CCCCC1. The van der Waals surface area contributed by atoms with Crippen molar-refractivity contribution < 1.29 is 19.4 Å². The monoisotopic (exact) mass is 348 g/mol. The van der Waals surface area contributed by atoms with Gasteiger partial charge in [0, 0.05) is 13.5 Å². The smallest absolute Gasteiger partial charge is 0.246 e. The quantitative estimate of drug-likeness (QED) is 0.808. The van der Waals surface area contributed by atoms with Crippen molar-refractivity contribution in [3.8, 4) is 5.75 Å². The third-order valence-electron chi connectivity index (χ3n) is 5.09. The number of aliphatic hydroxyl groups excluding tert-OH is 1. The van der Waals surface area contributed by atoms with Gasteiger partial charge in [0.05, 0.1) is 12.1 Å². The molecule has 2 aliphatic rings. The summed E-state index contributed by atoms with van der Waals surface area (Å²) in [5, 5.41) is 14.0. The summed E-state index contributed by atoms with van der Waals surface area (Å²) in [5.41, 5.74) is 0.